The van der Waals surface area contributed by atoms with Crippen LogP contribution < -0.4 is 11.1 Å². The van der Waals surface area contributed by atoms with Crippen LogP contribution in [-0.2, 0) is 6.54 Å². The molecule has 0 spiro atoms. The largest absolute Gasteiger partial charge is 0.370 e. The number of nitrogens with one attached hydrogen (secondary N) is 1. The molecule has 0 amide bonds. The molecule has 3 N–H and O–H groups in total. The molecule has 0 bridgehead atoms. The van der Waals surface area contributed by atoms with Crippen LogP contribution in [0.15, 0.2) is 47.7 Å². The summed E-state index contributed by atoms with van der Waals surface area (Å²) in [7, 11) is 0. The predicted octanol–water partition coefficient (Wildman–Crippen LogP) is 2.63. The maximum atomic E-state index is 5.83. The fourth-order valence-electron chi connectivity index (χ4n) is 1.78. The SMILES string of the molecule is Cc1cccc(NC(N)=NCCCn2cccn2)c1.I. The van der Waals surface area contributed by atoms with Gasteiger partial charge in [0.25, 0.3) is 0 Å². The molecule has 1 aromatic carbocycles. The van der Waals surface area contributed by atoms with Crippen LogP contribution in [0.5, 0.6) is 0 Å². The third kappa shape index (κ3) is 5.60. The smallest absolute Gasteiger partial charge is 0.193 e. The number of aliphatic imine (C=N–C) groups is 1. The minimum atomic E-state index is 0. The molecule has 2 rings (SSSR count). The van der Waals surface area contributed by atoms with Gasteiger partial charge in [-0.15, -0.1) is 24.0 Å². The lowest BCUT2D eigenvalue weighted by molar-refractivity contribution is 0.585. The van der Waals surface area contributed by atoms with E-state index in [9.17, 15) is 0 Å². The molecule has 0 unspecified atom stereocenters. The van der Waals surface area contributed by atoms with Crippen molar-refractivity contribution in [2.45, 2.75) is 19.9 Å². The highest BCUT2D eigenvalue weighted by molar-refractivity contribution is 14.0. The molecule has 0 atom stereocenters. The molecule has 0 radical (unpaired) electrons. The van der Waals surface area contributed by atoms with Gasteiger partial charge in [-0.25, -0.2) is 0 Å². The zero-order valence-electron chi connectivity index (χ0n) is 11.5. The van der Waals surface area contributed by atoms with Gasteiger partial charge in [0.1, 0.15) is 0 Å². The number of hydrogen-bond acceptors (Lipinski definition) is 2. The molecule has 1 aromatic heterocycles. The van der Waals surface area contributed by atoms with Crippen LogP contribution >= 0.6 is 24.0 Å². The highest BCUT2D eigenvalue weighted by atomic mass is 127. The van der Waals surface area contributed by atoms with Crippen LogP contribution in [0.25, 0.3) is 0 Å². The second-order valence-corrected chi connectivity index (χ2v) is 4.38. The Morgan fingerprint density at radius 3 is 2.95 bits per heavy atom. The maximum absolute atomic E-state index is 5.83. The quantitative estimate of drug-likeness (QED) is 0.360. The fraction of sp³-hybridized carbons (Fsp3) is 0.286. The molecule has 1 heterocycles. The number of guanidine groups is 1. The molecular formula is C14H20IN5. The Morgan fingerprint density at radius 2 is 2.25 bits per heavy atom. The van der Waals surface area contributed by atoms with Crippen molar-refractivity contribution in [3.8, 4) is 0 Å². The third-order valence-corrected chi connectivity index (χ3v) is 2.68. The molecule has 5 nitrogen and oxygen atoms in total. The highest BCUT2D eigenvalue weighted by Gasteiger charge is 1.95. The van der Waals surface area contributed by atoms with Gasteiger partial charge in [-0.2, -0.15) is 5.10 Å². The van der Waals surface area contributed by atoms with E-state index in [0.29, 0.717) is 12.5 Å². The Hall–Kier alpha value is -1.57. The average Bonchev–Trinajstić information content (AvgIpc) is 2.88. The second kappa shape index (κ2) is 8.57. The van der Waals surface area contributed by atoms with E-state index in [0.717, 1.165) is 18.7 Å². The molecule has 0 saturated heterocycles. The number of nitrogens with two attached hydrogens (primary N) is 1. The Kier molecular flexibility index (Phi) is 7.06. The van der Waals surface area contributed by atoms with Crippen LogP contribution in [0.2, 0.25) is 0 Å². The van der Waals surface area contributed by atoms with Crippen LogP contribution in [0.1, 0.15) is 12.0 Å². The van der Waals surface area contributed by atoms with Gasteiger partial charge in [0.2, 0.25) is 0 Å². The first kappa shape index (κ1) is 16.5. The lowest BCUT2D eigenvalue weighted by atomic mass is 10.2. The van der Waals surface area contributed by atoms with Crippen molar-refractivity contribution in [2.75, 3.05) is 11.9 Å². The van der Waals surface area contributed by atoms with E-state index in [4.69, 9.17) is 5.73 Å². The minimum absolute atomic E-state index is 0. The van der Waals surface area contributed by atoms with E-state index in [-0.39, 0.29) is 24.0 Å². The second-order valence-electron chi connectivity index (χ2n) is 4.38. The van der Waals surface area contributed by atoms with Gasteiger partial charge in [-0.05, 0) is 37.1 Å². The number of rotatable bonds is 5. The third-order valence-electron chi connectivity index (χ3n) is 2.68. The van der Waals surface area contributed by atoms with Crippen molar-refractivity contribution in [3.63, 3.8) is 0 Å². The zero-order chi connectivity index (χ0) is 13.5. The molecule has 108 valence electrons. The first-order valence-electron chi connectivity index (χ1n) is 6.35. The first-order valence-corrected chi connectivity index (χ1v) is 6.35. The Labute approximate surface area is 136 Å². The van der Waals surface area contributed by atoms with Crippen molar-refractivity contribution in [1.29, 1.82) is 0 Å². The zero-order valence-corrected chi connectivity index (χ0v) is 13.8. The van der Waals surface area contributed by atoms with Gasteiger partial charge in [0.15, 0.2) is 5.96 Å². The van der Waals surface area contributed by atoms with Crippen LogP contribution in [-0.4, -0.2) is 22.3 Å². The molecule has 20 heavy (non-hydrogen) atoms. The maximum Gasteiger partial charge on any atom is 0.193 e. The van der Waals surface area contributed by atoms with Gasteiger partial charge in [0.05, 0.1) is 0 Å². The standard InChI is InChI=1S/C14H19N5.HI/c1-12-5-2-6-13(11-12)18-14(15)16-7-3-9-19-10-4-8-17-19;/h2,4-6,8,10-11H,3,7,9H2,1H3,(H3,15,16,18);1H. The van der Waals surface area contributed by atoms with Crippen molar-refractivity contribution < 1.29 is 0 Å². The summed E-state index contributed by atoms with van der Waals surface area (Å²) in [6, 6.07) is 9.95. The molecule has 2 aromatic rings. The van der Waals surface area contributed by atoms with Crippen molar-refractivity contribution in [3.05, 3.63) is 48.3 Å². The molecule has 0 aliphatic rings. The molecule has 0 aliphatic carbocycles. The van der Waals surface area contributed by atoms with E-state index < -0.39 is 0 Å². The summed E-state index contributed by atoms with van der Waals surface area (Å²) in [6.45, 7) is 3.58. The van der Waals surface area contributed by atoms with E-state index >= 15 is 0 Å². The molecule has 0 fully saturated rings. The Morgan fingerprint density at radius 1 is 1.40 bits per heavy atom. The molecular weight excluding hydrogens is 365 g/mol. The number of hydrogen-bond donors (Lipinski definition) is 2. The van der Waals surface area contributed by atoms with Crippen molar-refractivity contribution in [2.24, 2.45) is 10.7 Å². The number of nitrogens with zero attached hydrogens (tertiary/aromatic N) is 3. The highest BCUT2D eigenvalue weighted by Crippen LogP contribution is 2.08. The molecule has 0 aliphatic heterocycles. The topological polar surface area (TPSA) is 68.2 Å². The van der Waals surface area contributed by atoms with Crippen LogP contribution in [0, 0.1) is 6.92 Å². The average molecular weight is 385 g/mol. The van der Waals surface area contributed by atoms with Gasteiger partial charge in [-0.3, -0.25) is 9.67 Å². The summed E-state index contributed by atoms with van der Waals surface area (Å²) in [4.78, 5) is 4.29. The summed E-state index contributed by atoms with van der Waals surface area (Å²) in [6.07, 6.45) is 4.63. The lowest BCUT2D eigenvalue weighted by Crippen LogP contribution is -2.23. The van der Waals surface area contributed by atoms with Gasteiger partial charge < -0.3 is 11.1 Å². The van der Waals surface area contributed by atoms with E-state index in [1.54, 1.807) is 6.20 Å². The van der Waals surface area contributed by atoms with Gasteiger partial charge in [-0.1, -0.05) is 12.1 Å². The Bertz CT molecular complexity index is 536. The minimum Gasteiger partial charge on any atom is -0.370 e. The van der Waals surface area contributed by atoms with Crippen LogP contribution in [0.4, 0.5) is 5.69 Å². The number of halogens is 1. The van der Waals surface area contributed by atoms with E-state index in [2.05, 4.69) is 15.4 Å². The predicted molar refractivity (Wildman–Crippen MR) is 93.6 cm³/mol. The monoisotopic (exact) mass is 385 g/mol. The summed E-state index contributed by atoms with van der Waals surface area (Å²) in [5.41, 5.74) is 7.99. The molecule has 6 heteroatoms. The van der Waals surface area contributed by atoms with Crippen molar-refractivity contribution in [1.82, 2.24) is 9.78 Å². The normalized spacial score (nSPS) is 10.9. The summed E-state index contributed by atoms with van der Waals surface area (Å²) >= 11 is 0. The summed E-state index contributed by atoms with van der Waals surface area (Å²) < 4.78 is 1.89. The number of aryl methyl sites for hydroxylation is 2. The van der Waals surface area contributed by atoms with E-state index in [1.807, 2.05) is 48.1 Å². The first-order chi connectivity index (χ1) is 9.24. The molecule has 0 saturated carbocycles. The van der Waals surface area contributed by atoms with E-state index in [1.165, 1.54) is 5.56 Å². The van der Waals surface area contributed by atoms with Gasteiger partial charge >= 0.3 is 0 Å². The number of aromatic nitrogens is 2. The number of benzene rings is 1. The summed E-state index contributed by atoms with van der Waals surface area (Å²) in [5, 5.41) is 7.21. The fourth-order valence-corrected chi connectivity index (χ4v) is 1.78. The van der Waals surface area contributed by atoms with Crippen molar-refractivity contribution >= 4 is 35.6 Å². The Balaban J connectivity index is 0.00000200. The van der Waals surface area contributed by atoms with Gasteiger partial charge in [0, 0.05) is 31.2 Å². The lowest BCUT2D eigenvalue weighted by Gasteiger charge is -2.06. The van der Waals surface area contributed by atoms with Crippen LogP contribution in [0.3, 0.4) is 0 Å². The number of anilines is 1. The summed E-state index contributed by atoms with van der Waals surface area (Å²) in [5.74, 6) is 0.450.